The number of carboxylic acid groups (broad SMARTS) is 2. The normalized spacial score (nSPS) is 17.3. The van der Waals surface area contributed by atoms with E-state index in [4.69, 9.17) is 29.3 Å². The first-order valence-corrected chi connectivity index (χ1v) is 11.5. The Morgan fingerprint density at radius 2 is 1.41 bits per heavy atom. The Balaban J connectivity index is 0.000000604. The summed E-state index contributed by atoms with van der Waals surface area (Å²) in [4.78, 5) is 47.3. The van der Waals surface area contributed by atoms with Crippen molar-refractivity contribution in [2.45, 2.75) is 39.2 Å². The third-order valence-corrected chi connectivity index (χ3v) is 6.11. The molecule has 188 valence electrons. The highest BCUT2D eigenvalue weighted by atomic mass is 16.5. The van der Waals surface area contributed by atoms with E-state index < -0.39 is 11.9 Å². The summed E-state index contributed by atoms with van der Waals surface area (Å²) < 4.78 is 10.3. The summed E-state index contributed by atoms with van der Waals surface area (Å²) in [6.07, 6.45) is 3.27. The predicted molar refractivity (Wildman–Crippen MR) is 122 cm³/mol. The molecular formula is C24H34N2O8. The van der Waals surface area contributed by atoms with Crippen molar-refractivity contribution in [3.05, 3.63) is 29.8 Å². The van der Waals surface area contributed by atoms with Crippen molar-refractivity contribution < 1.29 is 38.9 Å². The second-order valence-corrected chi connectivity index (χ2v) is 8.36. The average molecular weight is 479 g/mol. The van der Waals surface area contributed by atoms with Crippen molar-refractivity contribution in [3.8, 4) is 5.75 Å². The molecule has 2 heterocycles. The molecule has 0 spiro atoms. The molecule has 1 amide bonds. The minimum atomic E-state index is -1.82. The molecule has 2 N–H and O–H groups in total. The molecular weight excluding hydrogens is 444 g/mol. The summed E-state index contributed by atoms with van der Waals surface area (Å²) in [5.41, 5.74) is 1.27. The summed E-state index contributed by atoms with van der Waals surface area (Å²) in [6.45, 7) is 6.41. The number of carboxylic acids is 2. The SMILES string of the molecule is CCOC(=O)C1CCN(C(=O)C2CCN(Cc3ccc(OC)cc3)CC2)CC1.O=C(O)C(=O)O. The fraction of sp³-hybridized carbons (Fsp3) is 0.583. The number of hydrogen-bond donors (Lipinski definition) is 2. The van der Waals surface area contributed by atoms with Gasteiger partial charge in [-0.25, -0.2) is 9.59 Å². The van der Waals surface area contributed by atoms with Gasteiger partial charge in [0.05, 0.1) is 19.6 Å². The number of rotatable bonds is 6. The van der Waals surface area contributed by atoms with E-state index in [9.17, 15) is 9.59 Å². The average Bonchev–Trinajstić information content (AvgIpc) is 2.85. The Morgan fingerprint density at radius 3 is 1.88 bits per heavy atom. The van der Waals surface area contributed by atoms with Gasteiger partial charge in [-0.2, -0.15) is 0 Å². The Morgan fingerprint density at radius 1 is 0.882 bits per heavy atom. The third-order valence-electron chi connectivity index (χ3n) is 6.11. The van der Waals surface area contributed by atoms with Crippen molar-refractivity contribution in [2.24, 2.45) is 11.8 Å². The Bertz CT molecular complexity index is 814. The second kappa shape index (κ2) is 13.5. The molecule has 2 aliphatic heterocycles. The van der Waals surface area contributed by atoms with E-state index >= 15 is 0 Å². The van der Waals surface area contributed by atoms with E-state index in [1.54, 1.807) is 7.11 Å². The van der Waals surface area contributed by atoms with Gasteiger partial charge in [0, 0.05) is 25.6 Å². The number of piperidine rings is 2. The van der Waals surface area contributed by atoms with E-state index in [1.165, 1.54) is 5.56 Å². The Kier molecular flexibility index (Phi) is 10.8. The van der Waals surface area contributed by atoms with Gasteiger partial charge in [0.2, 0.25) is 5.91 Å². The third kappa shape index (κ3) is 8.33. The van der Waals surface area contributed by atoms with Crippen molar-refractivity contribution in [1.82, 2.24) is 9.80 Å². The maximum absolute atomic E-state index is 12.9. The van der Waals surface area contributed by atoms with Gasteiger partial charge in [-0.05, 0) is 63.4 Å². The lowest BCUT2D eigenvalue weighted by molar-refractivity contribution is -0.159. The van der Waals surface area contributed by atoms with Crippen molar-refractivity contribution >= 4 is 23.8 Å². The highest BCUT2D eigenvalue weighted by Gasteiger charge is 2.33. The van der Waals surface area contributed by atoms with Crippen LogP contribution in [0, 0.1) is 11.8 Å². The van der Waals surface area contributed by atoms with Gasteiger partial charge in [0.15, 0.2) is 0 Å². The van der Waals surface area contributed by atoms with E-state index in [0.717, 1.165) is 51.1 Å². The Labute approximate surface area is 199 Å². The van der Waals surface area contributed by atoms with E-state index in [-0.39, 0.29) is 23.7 Å². The predicted octanol–water partition coefficient (Wildman–Crippen LogP) is 1.86. The molecule has 1 aromatic carbocycles. The standard InChI is InChI=1S/C22H32N2O4.C2H2O4/c1-3-28-22(26)19-10-14-24(15-11-19)21(25)18-8-12-23(13-9-18)16-17-4-6-20(27-2)7-5-17;3-1(4)2(5)6/h4-7,18-19H,3,8-16H2,1-2H3;(H,3,4)(H,5,6). The molecule has 0 aromatic heterocycles. The summed E-state index contributed by atoms with van der Waals surface area (Å²) >= 11 is 0. The molecule has 2 aliphatic rings. The van der Waals surface area contributed by atoms with Crippen molar-refractivity contribution in [2.75, 3.05) is 39.9 Å². The van der Waals surface area contributed by atoms with Crippen LogP contribution in [0.25, 0.3) is 0 Å². The molecule has 0 aliphatic carbocycles. The number of amides is 1. The molecule has 2 fully saturated rings. The van der Waals surface area contributed by atoms with Gasteiger partial charge in [-0.1, -0.05) is 12.1 Å². The van der Waals surface area contributed by atoms with Gasteiger partial charge in [-0.3, -0.25) is 14.5 Å². The molecule has 0 bridgehead atoms. The number of hydrogen-bond acceptors (Lipinski definition) is 7. The number of esters is 1. The molecule has 2 saturated heterocycles. The van der Waals surface area contributed by atoms with Crippen LogP contribution in [0.15, 0.2) is 24.3 Å². The number of benzene rings is 1. The van der Waals surface area contributed by atoms with Crippen LogP contribution >= 0.6 is 0 Å². The molecule has 0 unspecified atom stereocenters. The topological polar surface area (TPSA) is 134 Å². The molecule has 0 atom stereocenters. The smallest absolute Gasteiger partial charge is 0.414 e. The molecule has 0 saturated carbocycles. The fourth-order valence-electron chi connectivity index (χ4n) is 4.18. The van der Waals surface area contributed by atoms with Gasteiger partial charge >= 0.3 is 17.9 Å². The van der Waals surface area contributed by atoms with Crippen LogP contribution in [0.2, 0.25) is 0 Å². The fourth-order valence-corrected chi connectivity index (χ4v) is 4.18. The second-order valence-electron chi connectivity index (χ2n) is 8.36. The van der Waals surface area contributed by atoms with Crippen LogP contribution in [0.4, 0.5) is 0 Å². The summed E-state index contributed by atoms with van der Waals surface area (Å²) in [5, 5.41) is 14.8. The molecule has 10 nitrogen and oxygen atoms in total. The lowest BCUT2D eigenvalue weighted by atomic mass is 9.92. The highest BCUT2D eigenvalue weighted by Crippen LogP contribution is 2.25. The minimum absolute atomic E-state index is 0.0460. The zero-order chi connectivity index (χ0) is 25.1. The van der Waals surface area contributed by atoms with E-state index in [1.807, 2.05) is 24.0 Å². The number of aliphatic carboxylic acids is 2. The molecule has 10 heteroatoms. The molecule has 34 heavy (non-hydrogen) atoms. The maximum Gasteiger partial charge on any atom is 0.414 e. The number of likely N-dealkylation sites (tertiary alicyclic amines) is 2. The molecule has 0 radical (unpaired) electrons. The summed E-state index contributed by atoms with van der Waals surface area (Å²) in [5.74, 6) is -2.54. The summed E-state index contributed by atoms with van der Waals surface area (Å²) in [7, 11) is 1.68. The van der Waals surface area contributed by atoms with Gasteiger partial charge < -0.3 is 24.6 Å². The first-order valence-electron chi connectivity index (χ1n) is 11.5. The molecule has 3 rings (SSSR count). The van der Waals surface area contributed by atoms with Gasteiger partial charge in [0.25, 0.3) is 0 Å². The van der Waals surface area contributed by atoms with Crippen LogP contribution in [0.1, 0.15) is 38.2 Å². The lowest BCUT2D eigenvalue weighted by Gasteiger charge is -2.36. The van der Waals surface area contributed by atoms with E-state index in [0.29, 0.717) is 19.7 Å². The first kappa shape index (κ1) is 27.1. The lowest BCUT2D eigenvalue weighted by Crippen LogP contribution is -2.46. The maximum atomic E-state index is 12.9. The number of carbonyl (C=O) groups excluding carboxylic acids is 2. The zero-order valence-electron chi connectivity index (χ0n) is 19.8. The zero-order valence-corrected chi connectivity index (χ0v) is 19.8. The largest absolute Gasteiger partial charge is 0.497 e. The van der Waals surface area contributed by atoms with E-state index in [2.05, 4.69) is 17.0 Å². The van der Waals surface area contributed by atoms with Crippen molar-refractivity contribution in [1.29, 1.82) is 0 Å². The van der Waals surface area contributed by atoms with Gasteiger partial charge in [0.1, 0.15) is 5.75 Å². The van der Waals surface area contributed by atoms with Crippen LogP contribution in [-0.2, 0) is 30.5 Å². The van der Waals surface area contributed by atoms with Gasteiger partial charge in [-0.15, -0.1) is 0 Å². The highest BCUT2D eigenvalue weighted by molar-refractivity contribution is 6.27. The van der Waals surface area contributed by atoms with Crippen LogP contribution in [0.5, 0.6) is 5.75 Å². The summed E-state index contributed by atoms with van der Waals surface area (Å²) in [6, 6.07) is 8.19. The molecule has 1 aromatic rings. The number of nitrogens with zero attached hydrogens (tertiary/aromatic N) is 2. The van der Waals surface area contributed by atoms with Crippen molar-refractivity contribution in [3.63, 3.8) is 0 Å². The number of ether oxygens (including phenoxy) is 2. The first-order chi connectivity index (χ1) is 16.2. The van der Waals surface area contributed by atoms with Crippen LogP contribution in [-0.4, -0.2) is 83.7 Å². The van der Waals surface area contributed by atoms with Crippen LogP contribution < -0.4 is 4.74 Å². The number of carbonyl (C=O) groups is 4. The van der Waals surface area contributed by atoms with Crippen LogP contribution in [0.3, 0.4) is 0 Å². The minimum Gasteiger partial charge on any atom is -0.497 e. The number of methoxy groups -OCH3 is 1. The quantitative estimate of drug-likeness (QED) is 0.464. The Hall–Kier alpha value is -3.14. The monoisotopic (exact) mass is 478 g/mol.